The lowest BCUT2D eigenvalue weighted by Gasteiger charge is -2.34. The summed E-state index contributed by atoms with van der Waals surface area (Å²) in [7, 11) is 0. The zero-order chi connectivity index (χ0) is 20.6. The van der Waals surface area contributed by atoms with E-state index in [0.717, 1.165) is 5.02 Å². The van der Waals surface area contributed by atoms with Crippen LogP contribution >= 0.6 is 35.8 Å². The van der Waals surface area contributed by atoms with E-state index < -0.39 is 17.7 Å². The summed E-state index contributed by atoms with van der Waals surface area (Å²) >= 11 is 15.7. The fourth-order valence-corrected chi connectivity index (χ4v) is 2.62. The van der Waals surface area contributed by atoms with Crippen LogP contribution in [0, 0.1) is 5.41 Å². The van der Waals surface area contributed by atoms with Crippen LogP contribution in [0.2, 0.25) is 10.0 Å². The Morgan fingerprint density at radius 1 is 1.07 bits per heavy atom. The maximum absolute atomic E-state index is 10.6. The number of hydrogen-bond donors (Lipinski definition) is 2. The Balaban J connectivity index is 0.000000336. The van der Waals surface area contributed by atoms with Gasteiger partial charge in [-0.2, -0.15) is 17.7 Å². The molecule has 3 rings (SSSR count). The monoisotopic (exact) mass is 439 g/mol. The third-order valence-electron chi connectivity index (χ3n) is 3.98. The van der Waals surface area contributed by atoms with Crippen LogP contribution in [0.1, 0.15) is 20.1 Å². The molecule has 0 radical (unpaired) electrons. The normalized spacial score (nSPS) is 13.2. The molecule has 2 aromatic carbocycles. The number of nitrogens with zero attached hydrogens (tertiary/aromatic N) is 3. The van der Waals surface area contributed by atoms with Gasteiger partial charge in [0.2, 0.25) is 6.23 Å². The van der Waals surface area contributed by atoms with Crippen molar-refractivity contribution < 1.29 is 9.84 Å². The molecule has 0 fully saturated rings. The number of halogens is 2. The lowest BCUT2D eigenvalue weighted by Crippen LogP contribution is -2.41. The van der Waals surface area contributed by atoms with Crippen molar-refractivity contribution in [2.45, 2.75) is 26.2 Å². The first-order valence-electron chi connectivity index (χ1n) is 8.59. The third kappa shape index (κ3) is 6.71. The van der Waals surface area contributed by atoms with Crippen molar-refractivity contribution in [3.05, 3.63) is 77.3 Å². The Kier molecular flexibility index (Phi) is 8.63. The average molecular weight is 440 g/mol. The highest BCUT2D eigenvalue weighted by Gasteiger charge is 2.36. The van der Waals surface area contributed by atoms with Gasteiger partial charge in [-0.25, -0.2) is 9.67 Å². The highest BCUT2D eigenvalue weighted by molar-refractivity contribution is 7.80. The first-order valence-corrected chi connectivity index (χ1v) is 9.98. The van der Waals surface area contributed by atoms with Crippen molar-refractivity contribution >= 4 is 35.8 Å². The summed E-state index contributed by atoms with van der Waals surface area (Å²) in [5.74, 6) is 1.09. The molecule has 2 unspecified atom stereocenters. The van der Waals surface area contributed by atoms with Crippen LogP contribution in [0.25, 0.3) is 0 Å². The Labute approximate surface area is 180 Å². The van der Waals surface area contributed by atoms with E-state index in [-0.39, 0.29) is 0 Å². The third-order valence-corrected chi connectivity index (χ3v) is 5.30. The van der Waals surface area contributed by atoms with E-state index in [4.69, 9.17) is 27.9 Å². The number of benzene rings is 2. The van der Waals surface area contributed by atoms with Crippen molar-refractivity contribution in [3.8, 4) is 5.75 Å². The molecule has 1 N–H and O–H groups in total. The zero-order valence-electron chi connectivity index (χ0n) is 15.6. The summed E-state index contributed by atoms with van der Waals surface area (Å²) in [4.78, 5) is 3.91. The van der Waals surface area contributed by atoms with Gasteiger partial charge in [0.25, 0.3) is 0 Å². The molecule has 150 valence electrons. The molecule has 3 aromatic rings. The SMILES string of the molecule is CC(C)(CS)C(O)C(Oc1ccc(Cl)cc1)n1cncn1.Clc1ccccc1. The van der Waals surface area contributed by atoms with E-state index in [1.807, 2.05) is 44.2 Å². The second-order valence-electron chi connectivity index (χ2n) is 6.72. The van der Waals surface area contributed by atoms with E-state index in [1.165, 1.54) is 17.3 Å². The highest BCUT2D eigenvalue weighted by atomic mass is 35.5. The number of thiol groups is 1. The fourth-order valence-electron chi connectivity index (χ4n) is 2.16. The van der Waals surface area contributed by atoms with Crippen LogP contribution in [-0.2, 0) is 0 Å². The van der Waals surface area contributed by atoms with Gasteiger partial charge in [0.1, 0.15) is 24.5 Å². The minimum Gasteiger partial charge on any atom is -0.466 e. The molecular formula is C20H23Cl2N3O2S. The van der Waals surface area contributed by atoms with Crippen LogP contribution in [0.4, 0.5) is 0 Å². The van der Waals surface area contributed by atoms with Crippen LogP contribution in [0.3, 0.4) is 0 Å². The van der Waals surface area contributed by atoms with Crippen molar-refractivity contribution in [1.29, 1.82) is 0 Å². The summed E-state index contributed by atoms with van der Waals surface area (Å²) in [6, 6.07) is 16.4. The molecule has 8 heteroatoms. The van der Waals surface area contributed by atoms with Crippen LogP contribution in [0.15, 0.2) is 67.3 Å². The summed E-state index contributed by atoms with van der Waals surface area (Å²) in [5, 5.41) is 16.1. The lowest BCUT2D eigenvalue weighted by atomic mass is 9.87. The van der Waals surface area contributed by atoms with Gasteiger partial charge >= 0.3 is 0 Å². The molecule has 0 spiro atoms. The van der Waals surface area contributed by atoms with E-state index in [2.05, 4.69) is 22.7 Å². The quantitative estimate of drug-likeness (QED) is 0.520. The predicted octanol–water partition coefficient (Wildman–Crippen LogP) is 5.17. The molecule has 5 nitrogen and oxygen atoms in total. The van der Waals surface area contributed by atoms with Crippen molar-refractivity contribution in [1.82, 2.24) is 14.8 Å². The van der Waals surface area contributed by atoms with E-state index in [1.54, 1.807) is 24.3 Å². The molecule has 1 aromatic heterocycles. The summed E-state index contributed by atoms with van der Waals surface area (Å²) in [5.41, 5.74) is -0.452. The number of ether oxygens (including phenoxy) is 1. The summed E-state index contributed by atoms with van der Waals surface area (Å²) < 4.78 is 7.37. The van der Waals surface area contributed by atoms with Crippen molar-refractivity contribution in [2.24, 2.45) is 5.41 Å². The lowest BCUT2D eigenvalue weighted by molar-refractivity contribution is -0.0713. The Morgan fingerprint density at radius 2 is 1.68 bits per heavy atom. The van der Waals surface area contributed by atoms with Crippen molar-refractivity contribution in [3.63, 3.8) is 0 Å². The van der Waals surface area contributed by atoms with Gasteiger partial charge in [0.05, 0.1) is 0 Å². The Hall–Kier alpha value is -1.73. The number of aromatic nitrogens is 3. The molecular weight excluding hydrogens is 417 g/mol. The molecule has 0 saturated carbocycles. The molecule has 0 aliphatic carbocycles. The Bertz CT molecular complexity index is 815. The van der Waals surface area contributed by atoms with Crippen molar-refractivity contribution in [2.75, 3.05) is 5.75 Å². The minimum absolute atomic E-state index is 0.452. The molecule has 0 bridgehead atoms. The smallest absolute Gasteiger partial charge is 0.219 e. The molecule has 1 heterocycles. The second kappa shape index (κ2) is 10.7. The summed E-state index contributed by atoms with van der Waals surface area (Å²) in [6.07, 6.45) is 1.40. The van der Waals surface area contributed by atoms with Gasteiger partial charge in [0.15, 0.2) is 0 Å². The minimum atomic E-state index is -0.813. The van der Waals surface area contributed by atoms with Gasteiger partial charge < -0.3 is 9.84 Å². The van der Waals surface area contributed by atoms with E-state index >= 15 is 0 Å². The maximum Gasteiger partial charge on any atom is 0.219 e. The van der Waals surface area contributed by atoms with Gasteiger partial charge in [-0.15, -0.1) is 0 Å². The first kappa shape index (κ1) is 22.6. The molecule has 0 aliphatic heterocycles. The topological polar surface area (TPSA) is 60.2 Å². The maximum atomic E-state index is 10.6. The van der Waals surface area contributed by atoms with Crippen LogP contribution < -0.4 is 4.74 Å². The van der Waals surface area contributed by atoms with Gasteiger partial charge in [0, 0.05) is 15.5 Å². The number of hydrogen-bond acceptors (Lipinski definition) is 5. The molecule has 2 atom stereocenters. The van der Waals surface area contributed by atoms with Crippen LogP contribution in [-0.4, -0.2) is 31.7 Å². The van der Waals surface area contributed by atoms with Gasteiger partial charge in [-0.1, -0.05) is 55.2 Å². The van der Waals surface area contributed by atoms with Crippen LogP contribution in [0.5, 0.6) is 5.75 Å². The Morgan fingerprint density at radius 3 is 2.14 bits per heavy atom. The fraction of sp³-hybridized carbons (Fsp3) is 0.300. The second-order valence-corrected chi connectivity index (χ2v) is 7.91. The number of aliphatic hydroxyl groups excluding tert-OH is 1. The molecule has 0 aliphatic rings. The molecule has 0 saturated heterocycles. The van der Waals surface area contributed by atoms with Gasteiger partial charge in [-0.05, 0) is 42.2 Å². The predicted molar refractivity (Wildman–Crippen MR) is 116 cm³/mol. The van der Waals surface area contributed by atoms with E-state index in [9.17, 15) is 5.11 Å². The molecule has 0 amide bonds. The zero-order valence-corrected chi connectivity index (χ0v) is 18.0. The average Bonchev–Trinajstić information content (AvgIpc) is 3.22. The summed E-state index contributed by atoms with van der Waals surface area (Å²) in [6.45, 7) is 3.83. The largest absolute Gasteiger partial charge is 0.466 e. The number of aliphatic hydroxyl groups is 1. The number of rotatable bonds is 6. The molecule has 28 heavy (non-hydrogen) atoms. The van der Waals surface area contributed by atoms with E-state index in [0.29, 0.717) is 16.5 Å². The first-order chi connectivity index (χ1) is 13.3. The highest BCUT2D eigenvalue weighted by Crippen LogP contribution is 2.31. The standard InChI is InChI=1S/C14H18ClN3O2S.C6H5Cl/c1-14(2,7-21)12(19)13(18-9-16-8-17-18)20-11-5-3-10(15)4-6-11;7-6-4-2-1-3-5-6/h3-6,8-9,12-13,19,21H,7H2,1-2H3;1-5H. The van der Waals surface area contributed by atoms with Gasteiger partial charge in [-0.3, -0.25) is 0 Å².